The summed E-state index contributed by atoms with van der Waals surface area (Å²) in [5.74, 6) is -0.995. The van der Waals surface area contributed by atoms with Gasteiger partial charge in [0.15, 0.2) is 0 Å². The van der Waals surface area contributed by atoms with Crippen LogP contribution >= 0.6 is 11.8 Å². The summed E-state index contributed by atoms with van der Waals surface area (Å²) < 4.78 is 0.205. The van der Waals surface area contributed by atoms with E-state index in [1.54, 1.807) is 30.8 Å². The van der Waals surface area contributed by atoms with Crippen LogP contribution in [0.4, 0.5) is 10.5 Å². The van der Waals surface area contributed by atoms with Crippen molar-refractivity contribution in [1.82, 2.24) is 5.32 Å². The number of thioether (sulfide) groups is 1. The van der Waals surface area contributed by atoms with Gasteiger partial charge in [-0.1, -0.05) is 6.07 Å². The van der Waals surface area contributed by atoms with E-state index >= 15 is 0 Å². The van der Waals surface area contributed by atoms with Crippen LogP contribution in [0.3, 0.4) is 0 Å². The number of carbonyl (C=O) groups excluding carboxylic acids is 1. The van der Waals surface area contributed by atoms with Crippen molar-refractivity contribution in [3.8, 4) is 0 Å². The number of nitrogens with one attached hydrogen (secondary N) is 2. The minimum Gasteiger partial charge on any atom is -0.478 e. The maximum Gasteiger partial charge on any atom is 0.336 e. The number of benzene rings is 1. The molecular formula is C14H18N2O3S. The van der Waals surface area contributed by atoms with E-state index in [1.165, 1.54) is 6.07 Å². The summed E-state index contributed by atoms with van der Waals surface area (Å²) >= 11 is 1.77. The van der Waals surface area contributed by atoms with E-state index in [0.29, 0.717) is 17.8 Å². The minimum absolute atomic E-state index is 0.200. The van der Waals surface area contributed by atoms with Crippen molar-refractivity contribution in [2.75, 3.05) is 18.1 Å². The third-order valence-electron chi connectivity index (χ3n) is 3.54. The lowest BCUT2D eigenvalue weighted by atomic mass is 10.1. The predicted octanol–water partition coefficient (Wildman–Crippen LogP) is 2.71. The Hall–Kier alpha value is -1.69. The molecule has 1 aromatic rings. The number of aryl methyl sites for hydroxylation is 1. The Balaban J connectivity index is 1.94. The van der Waals surface area contributed by atoms with Crippen molar-refractivity contribution >= 4 is 29.4 Å². The third-order valence-corrected chi connectivity index (χ3v) is 4.96. The van der Waals surface area contributed by atoms with Crippen LogP contribution < -0.4 is 10.6 Å². The highest BCUT2D eigenvalue weighted by Crippen LogP contribution is 2.46. The number of amides is 2. The molecule has 3 N–H and O–H groups in total. The number of hydrogen-bond donors (Lipinski definition) is 3. The SMILES string of the molecule is CSC1(CNC(=O)Nc2ccc(C)c(C(=O)O)c2)CC1. The Morgan fingerprint density at radius 1 is 1.40 bits per heavy atom. The molecule has 6 heteroatoms. The molecule has 5 nitrogen and oxygen atoms in total. The summed E-state index contributed by atoms with van der Waals surface area (Å²) in [7, 11) is 0. The molecule has 0 heterocycles. The zero-order valence-electron chi connectivity index (χ0n) is 11.5. The van der Waals surface area contributed by atoms with Gasteiger partial charge in [-0.25, -0.2) is 9.59 Å². The Bertz CT molecular complexity index is 541. The third kappa shape index (κ3) is 3.45. The summed E-state index contributed by atoms with van der Waals surface area (Å²) in [4.78, 5) is 22.8. The number of rotatable bonds is 5. The Kier molecular flexibility index (Phi) is 4.23. The molecule has 0 radical (unpaired) electrons. The molecule has 0 spiro atoms. The Morgan fingerprint density at radius 2 is 2.10 bits per heavy atom. The van der Waals surface area contributed by atoms with E-state index in [4.69, 9.17) is 5.11 Å². The van der Waals surface area contributed by atoms with E-state index in [9.17, 15) is 9.59 Å². The van der Waals surface area contributed by atoms with Crippen LogP contribution in [0.25, 0.3) is 0 Å². The van der Waals surface area contributed by atoms with E-state index < -0.39 is 5.97 Å². The average Bonchev–Trinajstić information content (AvgIpc) is 3.19. The van der Waals surface area contributed by atoms with Crippen LogP contribution in [0.5, 0.6) is 0 Å². The van der Waals surface area contributed by atoms with E-state index in [2.05, 4.69) is 10.6 Å². The van der Waals surface area contributed by atoms with Gasteiger partial charge in [-0.2, -0.15) is 11.8 Å². The predicted molar refractivity (Wildman–Crippen MR) is 80.6 cm³/mol. The molecule has 0 unspecified atom stereocenters. The first-order valence-electron chi connectivity index (χ1n) is 6.40. The largest absolute Gasteiger partial charge is 0.478 e. The minimum atomic E-state index is -0.995. The van der Waals surface area contributed by atoms with Crippen molar-refractivity contribution in [2.45, 2.75) is 24.5 Å². The van der Waals surface area contributed by atoms with E-state index in [1.807, 2.05) is 6.26 Å². The van der Waals surface area contributed by atoms with Crippen molar-refractivity contribution in [3.63, 3.8) is 0 Å². The molecule has 0 bridgehead atoms. The zero-order chi connectivity index (χ0) is 14.8. The summed E-state index contributed by atoms with van der Waals surface area (Å²) in [6, 6.07) is 4.55. The second-order valence-electron chi connectivity index (χ2n) is 5.03. The zero-order valence-corrected chi connectivity index (χ0v) is 12.3. The highest BCUT2D eigenvalue weighted by molar-refractivity contribution is 8.00. The smallest absolute Gasteiger partial charge is 0.336 e. The van der Waals surface area contributed by atoms with Gasteiger partial charge in [0.2, 0.25) is 0 Å². The molecule has 20 heavy (non-hydrogen) atoms. The van der Waals surface area contributed by atoms with Gasteiger partial charge in [-0.15, -0.1) is 0 Å². The second-order valence-corrected chi connectivity index (χ2v) is 6.30. The van der Waals surface area contributed by atoms with Crippen molar-refractivity contribution in [1.29, 1.82) is 0 Å². The molecule has 1 aromatic carbocycles. The van der Waals surface area contributed by atoms with Gasteiger partial charge in [-0.3, -0.25) is 0 Å². The maximum absolute atomic E-state index is 11.8. The second kappa shape index (κ2) is 5.75. The summed E-state index contributed by atoms with van der Waals surface area (Å²) in [5, 5.41) is 14.5. The Morgan fingerprint density at radius 3 is 2.65 bits per heavy atom. The van der Waals surface area contributed by atoms with Gasteiger partial charge in [0.1, 0.15) is 0 Å². The molecular weight excluding hydrogens is 276 g/mol. The summed E-state index contributed by atoms with van der Waals surface area (Å²) in [6.07, 6.45) is 4.30. The number of carbonyl (C=O) groups is 2. The molecule has 1 fully saturated rings. The first-order chi connectivity index (χ1) is 9.46. The number of aromatic carboxylic acids is 1. The lowest BCUT2D eigenvalue weighted by molar-refractivity contribution is 0.0696. The molecule has 0 aliphatic heterocycles. The molecule has 0 saturated heterocycles. The molecule has 1 aliphatic carbocycles. The van der Waals surface area contributed by atoms with Gasteiger partial charge < -0.3 is 15.7 Å². The fourth-order valence-electron chi connectivity index (χ4n) is 1.94. The number of urea groups is 1. The van der Waals surface area contributed by atoms with Crippen LogP contribution in [0.1, 0.15) is 28.8 Å². The van der Waals surface area contributed by atoms with Crippen LogP contribution in [-0.2, 0) is 0 Å². The highest BCUT2D eigenvalue weighted by atomic mass is 32.2. The monoisotopic (exact) mass is 294 g/mol. The lowest BCUT2D eigenvalue weighted by Crippen LogP contribution is -2.35. The van der Waals surface area contributed by atoms with Gasteiger partial charge in [0.25, 0.3) is 0 Å². The maximum atomic E-state index is 11.8. The summed E-state index contributed by atoms with van der Waals surface area (Å²) in [5.41, 5.74) is 1.35. The standard InChI is InChI=1S/C14H18N2O3S/c1-9-3-4-10(7-11(9)12(17)18)16-13(19)15-8-14(20-2)5-6-14/h3-4,7H,5-6,8H2,1-2H3,(H,17,18)(H2,15,16,19). The average molecular weight is 294 g/mol. The number of carboxylic acid groups (broad SMARTS) is 1. The van der Waals surface area contributed by atoms with Crippen LogP contribution in [0.2, 0.25) is 0 Å². The van der Waals surface area contributed by atoms with Crippen molar-refractivity contribution in [2.24, 2.45) is 0 Å². The molecule has 1 saturated carbocycles. The molecule has 0 aromatic heterocycles. The topological polar surface area (TPSA) is 78.4 Å². The van der Waals surface area contributed by atoms with E-state index in [-0.39, 0.29) is 16.3 Å². The Labute approximate surface area is 122 Å². The van der Waals surface area contributed by atoms with Crippen LogP contribution in [0, 0.1) is 6.92 Å². The molecule has 2 amide bonds. The highest BCUT2D eigenvalue weighted by Gasteiger charge is 2.41. The quantitative estimate of drug-likeness (QED) is 0.780. The fourth-order valence-corrected chi connectivity index (χ4v) is 2.67. The first-order valence-corrected chi connectivity index (χ1v) is 7.62. The van der Waals surface area contributed by atoms with Crippen LogP contribution in [0.15, 0.2) is 18.2 Å². The van der Waals surface area contributed by atoms with Crippen molar-refractivity contribution < 1.29 is 14.7 Å². The first kappa shape index (κ1) is 14.7. The fraction of sp³-hybridized carbons (Fsp3) is 0.429. The van der Waals surface area contributed by atoms with E-state index in [0.717, 1.165) is 12.8 Å². The van der Waals surface area contributed by atoms with Gasteiger partial charge in [0.05, 0.1) is 5.56 Å². The van der Waals surface area contributed by atoms with Crippen LogP contribution in [-0.4, -0.2) is 34.7 Å². The van der Waals surface area contributed by atoms with Crippen molar-refractivity contribution in [3.05, 3.63) is 29.3 Å². The molecule has 2 rings (SSSR count). The summed E-state index contributed by atoms with van der Waals surface area (Å²) in [6.45, 7) is 2.36. The molecule has 1 aliphatic rings. The number of hydrogen-bond acceptors (Lipinski definition) is 3. The lowest BCUT2D eigenvalue weighted by Gasteiger charge is -2.14. The molecule has 0 atom stereocenters. The van der Waals surface area contributed by atoms with Gasteiger partial charge in [0, 0.05) is 17.0 Å². The number of carboxylic acids is 1. The normalized spacial score (nSPS) is 15.5. The molecule has 108 valence electrons. The van der Waals surface area contributed by atoms with Gasteiger partial charge in [-0.05, 0) is 43.7 Å². The number of anilines is 1. The van der Waals surface area contributed by atoms with Gasteiger partial charge >= 0.3 is 12.0 Å².